The molecule has 1 heterocycles. The molecule has 1 aromatic carbocycles. The highest BCUT2D eigenvalue weighted by Gasteiger charge is 2.24. The number of hydrogen-bond donors (Lipinski definition) is 2. The molecule has 2 aromatic rings. The van der Waals surface area contributed by atoms with E-state index in [1.807, 2.05) is 32.9 Å². The van der Waals surface area contributed by atoms with Crippen LogP contribution in [0.5, 0.6) is 0 Å². The molecule has 0 unspecified atom stereocenters. The summed E-state index contributed by atoms with van der Waals surface area (Å²) >= 11 is 1.42. The zero-order valence-electron chi connectivity index (χ0n) is 20.0. The van der Waals surface area contributed by atoms with Crippen LogP contribution in [-0.2, 0) is 16.8 Å². The maximum absolute atomic E-state index is 13.2. The minimum absolute atomic E-state index is 0.0384. The summed E-state index contributed by atoms with van der Waals surface area (Å²) in [5, 5.41) is 0. The minimum atomic E-state index is -0.628. The normalized spacial score (nSPS) is 11.7. The van der Waals surface area contributed by atoms with Crippen LogP contribution in [0.2, 0.25) is 0 Å². The number of hydrogen-bond acceptors (Lipinski definition) is 5. The molecule has 2 rings (SSSR count). The molecule has 8 heteroatoms. The number of aromatic amines is 1. The minimum Gasteiger partial charge on any atom is -0.383 e. The SMILES string of the molecule is CCCCN(C(=O)CSc1ccc(C(C)(C)C)cc1)c1c(N)n(CC(C)C)c(=O)[nH]c1=O. The first-order valence-electron chi connectivity index (χ1n) is 11.1. The Kier molecular flexibility index (Phi) is 8.78. The van der Waals surface area contributed by atoms with Gasteiger partial charge >= 0.3 is 5.69 Å². The number of anilines is 2. The Hall–Kier alpha value is -2.48. The second-order valence-corrected chi connectivity index (χ2v) is 10.5. The molecule has 3 N–H and O–H groups in total. The number of benzene rings is 1. The molecular weight excluding hydrogens is 424 g/mol. The molecule has 0 saturated heterocycles. The smallest absolute Gasteiger partial charge is 0.330 e. The molecule has 0 aliphatic heterocycles. The fraction of sp³-hybridized carbons (Fsp3) is 0.542. The van der Waals surface area contributed by atoms with Gasteiger partial charge in [0.05, 0.1) is 5.75 Å². The van der Waals surface area contributed by atoms with Crippen LogP contribution in [0.4, 0.5) is 11.5 Å². The zero-order valence-corrected chi connectivity index (χ0v) is 20.8. The van der Waals surface area contributed by atoms with E-state index < -0.39 is 11.2 Å². The van der Waals surface area contributed by atoms with Crippen LogP contribution in [0.25, 0.3) is 0 Å². The summed E-state index contributed by atoms with van der Waals surface area (Å²) in [6.45, 7) is 13.1. The van der Waals surface area contributed by atoms with Gasteiger partial charge in [-0.25, -0.2) is 4.79 Å². The van der Waals surface area contributed by atoms with Gasteiger partial charge in [-0.1, -0.05) is 60.1 Å². The topological polar surface area (TPSA) is 101 Å². The van der Waals surface area contributed by atoms with Gasteiger partial charge in [-0.15, -0.1) is 11.8 Å². The van der Waals surface area contributed by atoms with Crippen molar-refractivity contribution in [2.75, 3.05) is 22.9 Å². The summed E-state index contributed by atoms with van der Waals surface area (Å²) < 4.78 is 1.34. The highest BCUT2D eigenvalue weighted by molar-refractivity contribution is 8.00. The number of nitrogen functional groups attached to an aromatic ring is 1. The third-order valence-corrected chi connectivity index (χ3v) is 6.15. The van der Waals surface area contributed by atoms with E-state index in [-0.39, 0.29) is 34.5 Å². The monoisotopic (exact) mass is 460 g/mol. The fourth-order valence-corrected chi connectivity index (χ4v) is 4.11. The molecule has 1 aromatic heterocycles. The van der Waals surface area contributed by atoms with Gasteiger partial charge in [0.1, 0.15) is 5.82 Å². The number of carbonyl (C=O) groups excluding carboxylic acids is 1. The summed E-state index contributed by atoms with van der Waals surface area (Å²) in [5.41, 5.74) is 6.42. The van der Waals surface area contributed by atoms with Crippen molar-refractivity contribution < 1.29 is 4.79 Å². The van der Waals surface area contributed by atoms with Gasteiger partial charge in [0.2, 0.25) is 5.91 Å². The van der Waals surface area contributed by atoms with Crippen molar-refractivity contribution in [2.24, 2.45) is 5.92 Å². The lowest BCUT2D eigenvalue weighted by molar-refractivity contribution is -0.116. The second-order valence-electron chi connectivity index (χ2n) is 9.46. The number of aromatic nitrogens is 2. The fourth-order valence-electron chi connectivity index (χ4n) is 3.34. The Morgan fingerprint density at radius 2 is 1.81 bits per heavy atom. The molecule has 0 radical (unpaired) electrons. The highest BCUT2D eigenvalue weighted by atomic mass is 32.2. The Morgan fingerprint density at radius 1 is 1.19 bits per heavy atom. The van der Waals surface area contributed by atoms with Crippen LogP contribution in [0, 0.1) is 5.92 Å². The Bertz CT molecular complexity index is 1030. The molecule has 32 heavy (non-hydrogen) atoms. The van der Waals surface area contributed by atoms with E-state index in [1.165, 1.54) is 26.8 Å². The average Bonchev–Trinajstić information content (AvgIpc) is 2.71. The van der Waals surface area contributed by atoms with Crippen LogP contribution >= 0.6 is 11.8 Å². The zero-order chi connectivity index (χ0) is 24.1. The van der Waals surface area contributed by atoms with Gasteiger partial charge in [0.25, 0.3) is 5.56 Å². The van der Waals surface area contributed by atoms with Gasteiger partial charge in [-0.2, -0.15) is 0 Å². The predicted molar refractivity (Wildman–Crippen MR) is 134 cm³/mol. The van der Waals surface area contributed by atoms with Crippen molar-refractivity contribution in [1.29, 1.82) is 0 Å². The lowest BCUT2D eigenvalue weighted by atomic mass is 9.87. The molecule has 7 nitrogen and oxygen atoms in total. The van der Waals surface area contributed by atoms with Gasteiger partial charge in [0.15, 0.2) is 5.69 Å². The number of carbonyl (C=O) groups is 1. The van der Waals surface area contributed by atoms with E-state index in [0.717, 1.165) is 17.7 Å². The number of nitrogens with two attached hydrogens (primary N) is 1. The summed E-state index contributed by atoms with van der Waals surface area (Å²) in [6.07, 6.45) is 1.58. The third-order valence-electron chi connectivity index (χ3n) is 5.15. The molecule has 176 valence electrons. The van der Waals surface area contributed by atoms with Crippen molar-refractivity contribution in [2.45, 2.75) is 71.2 Å². The number of rotatable bonds is 9. The number of thioether (sulfide) groups is 1. The molecule has 0 saturated carbocycles. The number of nitrogens with zero attached hydrogens (tertiary/aromatic N) is 2. The molecule has 0 bridgehead atoms. The van der Waals surface area contributed by atoms with E-state index >= 15 is 0 Å². The maximum atomic E-state index is 13.2. The second kappa shape index (κ2) is 10.9. The Balaban J connectivity index is 2.31. The molecule has 0 aliphatic carbocycles. The van der Waals surface area contributed by atoms with Crippen molar-refractivity contribution >= 4 is 29.2 Å². The van der Waals surface area contributed by atoms with Crippen molar-refractivity contribution in [3.05, 3.63) is 50.7 Å². The average molecular weight is 461 g/mol. The van der Waals surface area contributed by atoms with Crippen molar-refractivity contribution in [3.8, 4) is 0 Å². The number of amides is 1. The van der Waals surface area contributed by atoms with Gasteiger partial charge in [0, 0.05) is 18.0 Å². The van der Waals surface area contributed by atoms with E-state index in [0.29, 0.717) is 13.1 Å². The lowest BCUT2D eigenvalue weighted by Crippen LogP contribution is -2.42. The van der Waals surface area contributed by atoms with Crippen LogP contribution in [0.3, 0.4) is 0 Å². The summed E-state index contributed by atoms with van der Waals surface area (Å²) in [6, 6.07) is 8.18. The van der Waals surface area contributed by atoms with Crippen LogP contribution in [-0.4, -0.2) is 27.8 Å². The largest absolute Gasteiger partial charge is 0.383 e. The quantitative estimate of drug-likeness (QED) is 0.551. The Morgan fingerprint density at radius 3 is 2.34 bits per heavy atom. The van der Waals surface area contributed by atoms with Crippen molar-refractivity contribution in [1.82, 2.24) is 9.55 Å². The number of H-pyrrole nitrogens is 1. The first kappa shape index (κ1) is 25.8. The van der Waals surface area contributed by atoms with Crippen LogP contribution in [0.15, 0.2) is 38.8 Å². The van der Waals surface area contributed by atoms with Gasteiger partial charge in [-0.3, -0.25) is 19.1 Å². The number of nitrogens with one attached hydrogen (secondary N) is 1. The van der Waals surface area contributed by atoms with E-state index in [1.54, 1.807) is 0 Å². The van der Waals surface area contributed by atoms with Gasteiger partial charge < -0.3 is 10.6 Å². The summed E-state index contributed by atoms with van der Waals surface area (Å²) in [5.74, 6) is 0.146. The maximum Gasteiger partial charge on any atom is 0.330 e. The summed E-state index contributed by atoms with van der Waals surface area (Å²) in [4.78, 5) is 42.9. The molecule has 0 fully saturated rings. The summed E-state index contributed by atoms with van der Waals surface area (Å²) in [7, 11) is 0. The first-order chi connectivity index (χ1) is 15.0. The van der Waals surface area contributed by atoms with E-state index in [4.69, 9.17) is 5.73 Å². The highest BCUT2D eigenvalue weighted by Crippen LogP contribution is 2.27. The predicted octanol–water partition coefficient (Wildman–Crippen LogP) is 4.00. The molecule has 0 aliphatic rings. The van der Waals surface area contributed by atoms with Gasteiger partial charge in [-0.05, 0) is 35.4 Å². The molecule has 0 atom stereocenters. The number of unbranched alkanes of at least 4 members (excludes halogenated alkanes) is 1. The third kappa shape index (κ3) is 6.51. The molecular formula is C24H36N4O3S. The Labute approximate surface area is 194 Å². The lowest BCUT2D eigenvalue weighted by Gasteiger charge is -2.25. The van der Waals surface area contributed by atoms with Crippen LogP contribution in [0.1, 0.15) is 59.9 Å². The van der Waals surface area contributed by atoms with E-state index in [2.05, 4.69) is 37.9 Å². The molecule has 0 spiro atoms. The van der Waals surface area contributed by atoms with Crippen molar-refractivity contribution in [3.63, 3.8) is 0 Å². The van der Waals surface area contributed by atoms with Crippen LogP contribution < -0.4 is 21.9 Å². The first-order valence-corrected chi connectivity index (χ1v) is 12.1. The van der Waals surface area contributed by atoms with E-state index in [9.17, 15) is 14.4 Å². The molecule has 1 amide bonds. The standard InChI is InChI=1S/C24H36N4O3S/c1-7-8-13-27(20-21(25)28(14-16(2)3)23(31)26-22(20)30)19(29)15-32-18-11-9-17(10-12-18)24(4,5)6/h9-12,16H,7-8,13-15,25H2,1-6H3,(H,26,30,31).